The maximum Gasteiger partial charge on any atom is 0.341 e. The van der Waals surface area contributed by atoms with E-state index < -0.39 is 5.97 Å². The van der Waals surface area contributed by atoms with Gasteiger partial charge in [0.1, 0.15) is 5.56 Å². The van der Waals surface area contributed by atoms with E-state index in [1.165, 1.54) is 32.1 Å². The van der Waals surface area contributed by atoms with Crippen molar-refractivity contribution in [1.82, 2.24) is 5.16 Å². The van der Waals surface area contributed by atoms with Gasteiger partial charge in [-0.2, -0.15) is 0 Å². The Morgan fingerprint density at radius 3 is 2.47 bits per heavy atom. The predicted molar refractivity (Wildman–Crippen MR) is 72.4 cm³/mol. The Balaban J connectivity index is 2.25. The first-order valence-electron chi connectivity index (χ1n) is 7.12. The van der Waals surface area contributed by atoms with Gasteiger partial charge in [0.2, 0.25) is 0 Å². The molecule has 1 aliphatic carbocycles. The van der Waals surface area contributed by atoms with Gasteiger partial charge in [-0.25, -0.2) is 4.79 Å². The lowest BCUT2D eigenvalue weighted by Gasteiger charge is -2.20. The molecule has 0 radical (unpaired) electrons. The standard InChI is InChI=1S/C15H23NO3/c1-15(2,3)13-12(14(17)18)11(16-19-13)9-10-7-5-4-6-8-10/h10H,4-9H2,1-3H3,(H,17,18). The molecule has 1 saturated carbocycles. The number of aromatic carboxylic acids is 1. The Bertz CT molecular complexity index is 450. The molecular formula is C15H23NO3. The van der Waals surface area contributed by atoms with Gasteiger partial charge in [-0.3, -0.25) is 0 Å². The topological polar surface area (TPSA) is 63.3 Å². The zero-order valence-electron chi connectivity index (χ0n) is 12.0. The van der Waals surface area contributed by atoms with Crippen molar-refractivity contribution in [3.05, 3.63) is 17.0 Å². The van der Waals surface area contributed by atoms with Gasteiger partial charge in [0.05, 0.1) is 5.69 Å². The van der Waals surface area contributed by atoms with Crippen LogP contribution in [0.2, 0.25) is 0 Å². The Morgan fingerprint density at radius 2 is 1.95 bits per heavy atom. The number of hydrogen-bond donors (Lipinski definition) is 1. The smallest absolute Gasteiger partial charge is 0.341 e. The molecule has 4 heteroatoms. The van der Waals surface area contributed by atoms with Crippen molar-refractivity contribution in [2.24, 2.45) is 5.92 Å². The summed E-state index contributed by atoms with van der Waals surface area (Å²) in [5.74, 6) is 0.132. The minimum Gasteiger partial charge on any atom is -0.477 e. The highest BCUT2D eigenvalue weighted by molar-refractivity contribution is 5.90. The molecule has 0 spiro atoms. The first-order chi connectivity index (χ1) is 8.89. The minimum absolute atomic E-state index is 0.290. The second-order valence-electron chi connectivity index (χ2n) is 6.60. The number of carbonyl (C=O) groups is 1. The third kappa shape index (κ3) is 3.17. The highest BCUT2D eigenvalue weighted by atomic mass is 16.5. The number of aromatic nitrogens is 1. The summed E-state index contributed by atoms with van der Waals surface area (Å²) < 4.78 is 5.33. The molecule has 0 bridgehead atoms. The Morgan fingerprint density at radius 1 is 1.32 bits per heavy atom. The van der Waals surface area contributed by atoms with Crippen molar-refractivity contribution in [2.45, 2.75) is 64.7 Å². The summed E-state index contributed by atoms with van der Waals surface area (Å²) in [5, 5.41) is 13.5. The lowest BCUT2D eigenvalue weighted by Crippen LogP contribution is -2.17. The number of rotatable bonds is 3. The molecule has 0 unspecified atom stereocenters. The summed E-state index contributed by atoms with van der Waals surface area (Å²) in [6, 6.07) is 0. The minimum atomic E-state index is -0.919. The molecule has 0 saturated heterocycles. The maximum absolute atomic E-state index is 11.5. The predicted octanol–water partition coefficient (Wildman–Crippen LogP) is 3.79. The van der Waals surface area contributed by atoms with Crippen LogP contribution >= 0.6 is 0 Å². The molecule has 1 fully saturated rings. The van der Waals surface area contributed by atoms with Crippen LogP contribution in [0.4, 0.5) is 0 Å². The molecule has 1 aliphatic rings. The van der Waals surface area contributed by atoms with E-state index in [-0.39, 0.29) is 11.0 Å². The lowest BCUT2D eigenvalue weighted by atomic mass is 9.84. The Labute approximate surface area is 114 Å². The lowest BCUT2D eigenvalue weighted by molar-refractivity contribution is 0.0691. The summed E-state index contributed by atoms with van der Waals surface area (Å²) in [6.45, 7) is 5.85. The number of nitrogens with zero attached hydrogens (tertiary/aromatic N) is 1. The molecule has 1 aromatic heterocycles. The van der Waals surface area contributed by atoms with Crippen LogP contribution in [-0.4, -0.2) is 16.2 Å². The molecule has 0 aromatic carbocycles. The van der Waals surface area contributed by atoms with Crippen LogP contribution in [0.3, 0.4) is 0 Å². The third-order valence-electron chi connectivity index (χ3n) is 3.86. The maximum atomic E-state index is 11.5. The highest BCUT2D eigenvalue weighted by Crippen LogP contribution is 2.32. The van der Waals surface area contributed by atoms with E-state index in [1.54, 1.807) is 0 Å². The van der Waals surface area contributed by atoms with Crippen LogP contribution in [0, 0.1) is 5.92 Å². The third-order valence-corrected chi connectivity index (χ3v) is 3.86. The van der Waals surface area contributed by atoms with Crippen LogP contribution < -0.4 is 0 Å². The van der Waals surface area contributed by atoms with Gasteiger partial charge in [0.25, 0.3) is 0 Å². The fourth-order valence-electron chi connectivity index (χ4n) is 2.86. The zero-order valence-corrected chi connectivity index (χ0v) is 12.0. The first kappa shape index (κ1) is 14.1. The summed E-state index contributed by atoms with van der Waals surface area (Å²) in [5.41, 5.74) is 0.591. The van der Waals surface area contributed by atoms with Crippen molar-refractivity contribution < 1.29 is 14.4 Å². The second kappa shape index (κ2) is 5.35. The van der Waals surface area contributed by atoms with Crippen molar-refractivity contribution in [3.8, 4) is 0 Å². The first-order valence-corrected chi connectivity index (χ1v) is 7.12. The summed E-state index contributed by atoms with van der Waals surface area (Å²) in [4.78, 5) is 11.5. The van der Waals surface area contributed by atoms with E-state index >= 15 is 0 Å². The fourth-order valence-corrected chi connectivity index (χ4v) is 2.86. The molecule has 0 amide bonds. The SMILES string of the molecule is CC(C)(C)c1onc(CC2CCCCC2)c1C(=O)O. The molecule has 0 atom stereocenters. The molecular weight excluding hydrogens is 242 g/mol. The van der Waals surface area contributed by atoms with Gasteiger partial charge in [-0.05, 0) is 12.3 Å². The molecule has 2 rings (SSSR count). The van der Waals surface area contributed by atoms with Crippen molar-refractivity contribution in [1.29, 1.82) is 0 Å². The molecule has 4 nitrogen and oxygen atoms in total. The van der Waals surface area contributed by atoms with Gasteiger partial charge in [0.15, 0.2) is 5.76 Å². The average Bonchev–Trinajstić information content (AvgIpc) is 2.74. The van der Waals surface area contributed by atoms with Gasteiger partial charge < -0.3 is 9.63 Å². The summed E-state index contributed by atoms with van der Waals surface area (Å²) in [7, 11) is 0. The van der Waals surface area contributed by atoms with Crippen molar-refractivity contribution >= 4 is 5.97 Å². The second-order valence-corrected chi connectivity index (χ2v) is 6.60. The van der Waals surface area contributed by atoms with Crippen LogP contribution in [0.1, 0.15) is 74.7 Å². The number of hydrogen-bond acceptors (Lipinski definition) is 3. The van der Waals surface area contributed by atoms with Crippen LogP contribution in [0.15, 0.2) is 4.52 Å². The van der Waals surface area contributed by atoms with Gasteiger partial charge in [0, 0.05) is 5.41 Å². The average molecular weight is 265 g/mol. The number of carboxylic acid groups (broad SMARTS) is 1. The van der Waals surface area contributed by atoms with Crippen molar-refractivity contribution in [3.63, 3.8) is 0 Å². The van der Waals surface area contributed by atoms with Crippen LogP contribution in [0.5, 0.6) is 0 Å². The van der Waals surface area contributed by atoms with Crippen LogP contribution in [-0.2, 0) is 11.8 Å². The van der Waals surface area contributed by atoms with Gasteiger partial charge in [-0.15, -0.1) is 0 Å². The normalized spacial score (nSPS) is 17.6. The summed E-state index contributed by atoms with van der Waals surface area (Å²) >= 11 is 0. The van der Waals surface area contributed by atoms with E-state index in [2.05, 4.69) is 5.16 Å². The fraction of sp³-hybridized carbons (Fsp3) is 0.733. The van der Waals surface area contributed by atoms with E-state index in [0.29, 0.717) is 17.4 Å². The molecule has 106 valence electrons. The molecule has 1 heterocycles. The quantitative estimate of drug-likeness (QED) is 0.903. The molecule has 1 aromatic rings. The monoisotopic (exact) mass is 265 g/mol. The number of carboxylic acids is 1. The van der Waals surface area contributed by atoms with Crippen molar-refractivity contribution in [2.75, 3.05) is 0 Å². The van der Waals surface area contributed by atoms with Gasteiger partial charge >= 0.3 is 5.97 Å². The van der Waals surface area contributed by atoms with Crippen LogP contribution in [0.25, 0.3) is 0 Å². The molecule has 1 N–H and O–H groups in total. The van der Waals surface area contributed by atoms with E-state index in [4.69, 9.17) is 4.52 Å². The molecule has 0 aliphatic heterocycles. The Hall–Kier alpha value is -1.32. The van der Waals surface area contributed by atoms with E-state index in [1.807, 2.05) is 20.8 Å². The van der Waals surface area contributed by atoms with Gasteiger partial charge in [-0.1, -0.05) is 58.0 Å². The van der Waals surface area contributed by atoms with E-state index in [9.17, 15) is 9.90 Å². The van der Waals surface area contributed by atoms with E-state index in [0.717, 1.165) is 6.42 Å². The highest BCUT2D eigenvalue weighted by Gasteiger charge is 2.31. The summed E-state index contributed by atoms with van der Waals surface area (Å²) in [6.07, 6.45) is 6.89. The zero-order chi connectivity index (χ0) is 14.0. The molecule has 19 heavy (non-hydrogen) atoms. The largest absolute Gasteiger partial charge is 0.477 e. The Kier molecular flexibility index (Phi) is 3.97.